The van der Waals surface area contributed by atoms with Crippen LogP contribution >= 0.6 is 12.2 Å². The zero-order valence-electron chi connectivity index (χ0n) is 22.5. The molecule has 0 bridgehead atoms. The summed E-state index contributed by atoms with van der Waals surface area (Å²) in [6.07, 6.45) is 3.95. The topological polar surface area (TPSA) is 42.3 Å². The van der Waals surface area contributed by atoms with E-state index in [4.69, 9.17) is 21.9 Å². The SMILES string of the molecule is Cc1ccccc1Oc1ccc(N2C(=S)N[C@@H](c3ccccn3)[C@H]2c2cccn2-c2ccc3ccccc3c2)cc1. The quantitative estimate of drug-likeness (QED) is 0.211. The smallest absolute Gasteiger partial charge is 0.174 e. The van der Waals surface area contributed by atoms with E-state index in [0.29, 0.717) is 5.11 Å². The van der Waals surface area contributed by atoms with Gasteiger partial charge in [0.15, 0.2) is 5.11 Å². The van der Waals surface area contributed by atoms with Crippen molar-refractivity contribution >= 4 is 33.8 Å². The first-order chi connectivity index (χ1) is 20.2. The summed E-state index contributed by atoms with van der Waals surface area (Å²) in [5.74, 6) is 1.62. The molecule has 2 aromatic heterocycles. The standard InChI is InChI=1S/C35H28N4OS/c1-24-9-2-5-14-32(24)40-29-19-17-27(18-20-29)39-34(33(37-35(39)41)30-12-6-7-21-36-30)31-13-8-22-38(31)28-16-15-25-10-3-4-11-26(25)23-28/h2-23,33-34H,1H3,(H,37,41)/t33-,34+/m0/s1. The van der Waals surface area contributed by atoms with Gasteiger partial charge in [0.25, 0.3) is 0 Å². The van der Waals surface area contributed by atoms with Crippen LogP contribution in [0.1, 0.15) is 29.0 Å². The van der Waals surface area contributed by atoms with Gasteiger partial charge in [0.05, 0.1) is 11.7 Å². The number of nitrogens with one attached hydrogen (secondary N) is 1. The van der Waals surface area contributed by atoms with Crippen molar-refractivity contribution in [2.75, 3.05) is 4.90 Å². The predicted molar refractivity (Wildman–Crippen MR) is 169 cm³/mol. The van der Waals surface area contributed by atoms with Gasteiger partial charge in [-0.2, -0.15) is 0 Å². The monoisotopic (exact) mass is 552 g/mol. The van der Waals surface area contributed by atoms with E-state index in [-0.39, 0.29) is 12.1 Å². The molecule has 0 spiro atoms. The molecule has 1 aliphatic heterocycles. The van der Waals surface area contributed by atoms with Crippen molar-refractivity contribution in [1.29, 1.82) is 0 Å². The van der Waals surface area contributed by atoms with Crippen molar-refractivity contribution in [3.05, 3.63) is 151 Å². The van der Waals surface area contributed by atoms with Crippen molar-refractivity contribution in [1.82, 2.24) is 14.9 Å². The van der Waals surface area contributed by atoms with E-state index >= 15 is 0 Å². The molecule has 1 aliphatic rings. The lowest BCUT2D eigenvalue weighted by Crippen LogP contribution is -2.30. The predicted octanol–water partition coefficient (Wildman–Crippen LogP) is 8.30. The summed E-state index contributed by atoms with van der Waals surface area (Å²) in [5.41, 5.74) is 5.23. The maximum absolute atomic E-state index is 6.17. The highest BCUT2D eigenvalue weighted by Crippen LogP contribution is 2.43. The number of pyridine rings is 1. The van der Waals surface area contributed by atoms with E-state index < -0.39 is 0 Å². The van der Waals surface area contributed by atoms with Gasteiger partial charge in [-0.15, -0.1) is 0 Å². The lowest BCUT2D eigenvalue weighted by atomic mass is 10.0. The van der Waals surface area contributed by atoms with E-state index in [1.54, 1.807) is 0 Å². The number of para-hydroxylation sites is 1. The van der Waals surface area contributed by atoms with Crippen LogP contribution in [0.2, 0.25) is 0 Å². The first kappa shape index (κ1) is 25.1. The third-order valence-corrected chi connectivity index (χ3v) is 7.94. The van der Waals surface area contributed by atoms with Crippen molar-refractivity contribution in [2.24, 2.45) is 0 Å². The highest BCUT2D eigenvalue weighted by atomic mass is 32.1. The molecular formula is C35H28N4OS. The van der Waals surface area contributed by atoms with Crippen molar-refractivity contribution in [3.8, 4) is 17.2 Å². The van der Waals surface area contributed by atoms with Crippen LogP contribution in [0.25, 0.3) is 16.5 Å². The number of ether oxygens (including phenoxy) is 1. The third kappa shape index (κ3) is 4.72. The van der Waals surface area contributed by atoms with Crippen LogP contribution in [0.15, 0.2) is 134 Å². The van der Waals surface area contributed by atoms with E-state index in [1.165, 1.54) is 10.8 Å². The van der Waals surface area contributed by atoms with Crippen LogP contribution in [0.5, 0.6) is 11.5 Å². The first-order valence-corrected chi connectivity index (χ1v) is 14.1. The van der Waals surface area contributed by atoms with E-state index in [9.17, 15) is 0 Å². The molecule has 3 heterocycles. The van der Waals surface area contributed by atoms with Crippen LogP contribution in [0, 0.1) is 6.92 Å². The summed E-state index contributed by atoms with van der Waals surface area (Å²) in [6, 6.07) is 41.2. The summed E-state index contributed by atoms with van der Waals surface area (Å²) in [6.45, 7) is 2.05. The van der Waals surface area contributed by atoms with Crippen molar-refractivity contribution in [2.45, 2.75) is 19.0 Å². The molecule has 7 rings (SSSR count). The number of thiocarbonyl (C=S) groups is 1. The van der Waals surface area contributed by atoms with Crippen LogP contribution in [-0.4, -0.2) is 14.7 Å². The molecule has 0 saturated carbocycles. The molecule has 5 nitrogen and oxygen atoms in total. The largest absolute Gasteiger partial charge is 0.457 e. The Morgan fingerprint density at radius 2 is 1.51 bits per heavy atom. The molecule has 4 aromatic carbocycles. The van der Waals surface area contributed by atoms with E-state index in [1.807, 2.05) is 61.7 Å². The maximum Gasteiger partial charge on any atom is 0.174 e. The Hall–Kier alpha value is -4.94. The fourth-order valence-corrected chi connectivity index (χ4v) is 5.95. The molecule has 2 atom stereocenters. The fourth-order valence-electron chi connectivity index (χ4n) is 5.60. The lowest BCUT2D eigenvalue weighted by Gasteiger charge is -2.29. The number of hydrogen-bond acceptors (Lipinski definition) is 3. The van der Waals surface area contributed by atoms with Gasteiger partial charge in [-0.1, -0.05) is 54.6 Å². The molecule has 1 fully saturated rings. The number of aromatic nitrogens is 2. The molecule has 6 aromatic rings. The molecule has 0 amide bonds. The molecule has 0 unspecified atom stereocenters. The summed E-state index contributed by atoms with van der Waals surface area (Å²) in [5, 5.41) is 6.65. The number of fused-ring (bicyclic) bond motifs is 1. The normalized spacial score (nSPS) is 16.6. The van der Waals surface area contributed by atoms with Gasteiger partial charge < -0.3 is 19.5 Å². The van der Waals surface area contributed by atoms with Crippen LogP contribution < -0.4 is 15.0 Å². The highest BCUT2D eigenvalue weighted by Gasteiger charge is 2.42. The zero-order chi connectivity index (χ0) is 27.8. The van der Waals surface area contributed by atoms with Crippen LogP contribution in [0.4, 0.5) is 5.69 Å². The molecule has 1 saturated heterocycles. The Kier molecular flexibility index (Phi) is 6.45. The number of benzene rings is 4. The minimum Gasteiger partial charge on any atom is -0.457 e. The Morgan fingerprint density at radius 1 is 0.756 bits per heavy atom. The highest BCUT2D eigenvalue weighted by molar-refractivity contribution is 7.80. The van der Waals surface area contributed by atoms with Gasteiger partial charge >= 0.3 is 0 Å². The second-order valence-corrected chi connectivity index (χ2v) is 10.6. The van der Waals surface area contributed by atoms with Gasteiger partial charge in [0.2, 0.25) is 0 Å². The average molecular weight is 553 g/mol. The Labute approximate surface area is 244 Å². The number of hydrogen-bond donors (Lipinski definition) is 1. The maximum atomic E-state index is 6.17. The second kappa shape index (κ2) is 10.6. The number of aryl methyl sites for hydroxylation is 1. The number of nitrogens with zero attached hydrogens (tertiary/aromatic N) is 3. The van der Waals surface area contributed by atoms with Crippen molar-refractivity contribution in [3.63, 3.8) is 0 Å². The molecule has 200 valence electrons. The van der Waals surface area contributed by atoms with Gasteiger partial charge in [-0.25, -0.2) is 0 Å². The fraction of sp³-hybridized carbons (Fsp3) is 0.0857. The summed E-state index contributed by atoms with van der Waals surface area (Å²) in [4.78, 5) is 6.91. The number of anilines is 1. The molecule has 6 heteroatoms. The zero-order valence-corrected chi connectivity index (χ0v) is 23.3. The summed E-state index contributed by atoms with van der Waals surface area (Å²) in [7, 11) is 0. The third-order valence-electron chi connectivity index (χ3n) is 7.63. The van der Waals surface area contributed by atoms with Crippen molar-refractivity contribution < 1.29 is 4.74 Å². The van der Waals surface area contributed by atoms with E-state index in [2.05, 4.69) is 93.8 Å². The van der Waals surface area contributed by atoms with E-state index in [0.717, 1.165) is 39.8 Å². The first-order valence-electron chi connectivity index (χ1n) is 13.7. The second-order valence-electron chi connectivity index (χ2n) is 10.2. The molecule has 41 heavy (non-hydrogen) atoms. The van der Waals surface area contributed by atoms with Gasteiger partial charge in [0, 0.05) is 29.5 Å². The Balaban J connectivity index is 1.29. The Morgan fingerprint density at radius 3 is 2.32 bits per heavy atom. The van der Waals surface area contributed by atoms with Gasteiger partial charge in [-0.3, -0.25) is 4.98 Å². The molecular weight excluding hydrogens is 524 g/mol. The minimum absolute atomic E-state index is 0.137. The average Bonchev–Trinajstić information content (AvgIpc) is 3.63. The molecule has 1 N–H and O–H groups in total. The molecule has 0 radical (unpaired) electrons. The van der Waals surface area contributed by atoms with Crippen LogP contribution in [-0.2, 0) is 0 Å². The number of rotatable bonds is 6. The van der Waals surface area contributed by atoms with Gasteiger partial charge in [-0.05, 0) is 102 Å². The summed E-state index contributed by atoms with van der Waals surface area (Å²) >= 11 is 5.98. The minimum atomic E-state index is -0.138. The van der Waals surface area contributed by atoms with Gasteiger partial charge in [0.1, 0.15) is 17.5 Å². The lowest BCUT2D eigenvalue weighted by molar-refractivity contribution is 0.479. The molecule has 0 aliphatic carbocycles. The summed E-state index contributed by atoms with van der Waals surface area (Å²) < 4.78 is 8.43. The Bertz CT molecular complexity index is 1850. The van der Waals surface area contributed by atoms with Crippen LogP contribution in [0.3, 0.4) is 0 Å².